The van der Waals surface area contributed by atoms with Crippen LogP contribution in [0.5, 0.6) is 5.75 Å². The van der Waals surface area contributed by atoms with E-state index in [1.165, 1.54) is 6.07 Å². The van der Waals surface area contributed by atoms with E-state index in [1.54, 1.807) is 19.1 Å². The Bertz CT molecular complexity index is 674. The number of ether oxygens (including phenoxy) is 1. The Morgan fingerprint density at radius 3 is 2.45 bits per heavy atom. The van der Waals surface area contributed by atoms with Crippen molar-refractivity contribution >= 4 is 34.7 Å². The van der Waals surface area contributed by atoms with E-state index >= 15 is 0 Å². The Kier molecular flexibility index (Phi) is 5.32. The summed E-state index contributed by atoms with van der Waals surface area (Å²) in [6, 6.07) is 14.3. The molecule has 0 heterocycles. The van der Waals surface area contributed by atoms with E-state index in [0.29, 0.717) is 23.2 Å². The third kappa shape index (κ3) is 4.20. The molecule has 0 aliphatic carbocycles. The lowest BCUT2D eigenvalue weighted by Crippen LogP contribution is -2.19. The van der Waals surface area contributed by atoms with Crippen molar-refractivity contribution in [3.63, 3.8) is 0 Å². The molecule has 0 fully saturated rings. The fourth-order valence-corrected chi connectivity index (χ4v) is 2.11. The highest BCUT2D eigenvalue weighted by molar-refractivity contribution is 7.80. The molecular weight excluding hydrogens is 300 g/mol. The van der Waals surface area contributed by atoms with Crippen LogP contribution in [0.3, 0.4) is 0 Å². The van der Waals surface area contributed by atoms with Gasteiger partial charge in [0.05, 0.1) is 6.61 Å². The van der Waals surface area contributed by atoms with Crippen molar-refractivity contribution in [3.05, 3.63) is 54.1 Å². The summed E-state index contributed by atoms with van der Waals surface area (Å²) in [6.07, 6.45) is 0. The second-order valence-corrected chi connectivity index (χ2v) is 4.80. The standard InChI is InChI=1S/C16H16N2O3S/c1-2-21-14-9-8-12(10-13(14)15(19)20)18-16(22)17-11-6-4-3-5-7-11/h3-10H,2H2,1H3,(H,19,20)(H2,17,18,22). The molecule has 2 rings (SSSR count). The molecule has 2 aromatic carbocycles. The maximum atomic E-state index is 11.3. The van der Waals surface area contributed by atoms with Crippen LogP contribution in [-0.2, 0) is 0 Å². The average molecular weight is 316 g/mol. The molecule has 0 aliphatic heterocycles. The predicted octanol–water partition coefficient (Wildman–Crippen LogP) is 3.59. The minimum atomic E-state index is -1.05. The second-order valence-electron chi connectivity index (χ2n) is 4.39. The minimum Gasteiger partial charge on any atom is -0.493 e. The lowest BCUT2D eigenvalue weighted by molar-refractivity contribution is 0.0692. The van der Waals surface area contributed by atoms with Gasteiger partial charge in [-0.3, -0.25) is 0 Å². The molecule has 0 saturated carbocycles. The summed E-state index contributed by atoms with van der Waals surface area (Å²) in [4.78, 5) is 11.3. The van der Waals surface area contributed by atoms with Gasteiger partial charge in [-0.15, -0.1) is 0 Å². The molecule has 0 aliphatic rings. The molecule has 2 aromatic rings. The van der Waals surface area contributed by atoms with Crippen molar-refractivity contribution in [3.8, 4) is 5.75 Å². The lowest BCUT2D eigenvalue weighted by Gasteiger charge is -2.13. The van der Waals surface area contributed by atoms with Gasteiger partial charge >= 0.3 is 5.97 Å². The maximum Gasteiger partial charge on any atom is 0.339 e. The minimum absolute atomic E-state index is 0.0920. The van der Waals surface area contributed by atoms with Gasteiger partial charge in [0.25, 0.3) is 0 Å². The fourth-order valence-electron chi connectivity index (χ4n) is 1.87. The zero-order valence-corrected chi connectivity index (χ0v) is 12.8. The van der Waals surface area contributed by atoms with Gasteiger partial charge in [-0.2, -0.15) is 0 Å². The largest absolute Gasteiger partial charge is 0.493 e. The number of anilines is 2. The summed E-state index contributed by atoms with van der Waals surface area (Å²) >= 11 is 5.21. The van der Waals surface area contributed by atoms with Crippen LogP contribution in [0.2, 0.25) is 0 Å². The first-order chi connectivity index (χ1) is 10.6. The zero-order chi connectivity index (χ0) is 15.9. The molecular formula is C16H16N2O3S. The van der Waals surface area contributed by atoms with E-state index < -0.39 is 5.97 Å². The van der Waals surface area contributed by atoms with Crippen LogP contribution in [0.25, 0.3) is 0 Å². The first kappa shape index (κ1) is 15.8. The molecule has 6 heteroatoms. The van der Waals surface area contributed by atoms with Gasteiger partial charge in [-0.05, 0) is 49.5 Å². The van der Waals surface area contributed by atoms with Crippen molar-refractivity contribution in [2.75, 3.05) is 17.2 Å². The number of hydrogen-bond acceptors (Lipinski definition) is 3. The van der Waals surface area contributed by atoms with Crippen LogP contribution >= 0.6 is 12.2 Å². The fraction of sp³-hybridized carbons (Fsp3) is 0.125. The second kappa shape index (κ2) is 7.42. The third-order valence-corrected chi connectivity index (χ3v) is 3.00. The van der Waals surface area contributed by atoms with E-state index in [4.69, 9.17) is 17.0 Å². The first-order valence-corrected chi connectivity index (χ1v) is 7.14. The lowest BCUT2D eigenvalue weighted by atomic mass is 10.2. The SMILES string of the molecule is CCOc1ccc(NC(=S)Nc2ccccc2)cc1C(=O)O. The van der Waals surface area contributed by atoms with Crippen molar-refractivity contribution < 1.29 is 14.6 Å². The van der Waals surface area contributed by atoms with Crippen LogP contribution < -0.4 is 15.4 Å². The van der Waals surface area contributed by atoms with Crippen LogP contribution in [0.4, 0.5) is 11.4 Å². The Morgan fingerprint density at radius 1 is 1.14 bits per heavy atom. The molecule has 0 amide bonds. The van der Waals surface area contributed by atoms with Crippen molar-refractivity contribution in [1.29, 1.82) is 0 Å². The molecule has 114 valence electrons. The van der Waals surface area contributed by atoms with Gasteiger partial charge < -0.3 is 20.5 Å². The summed E-state index contributed by atoms with van der Waals surface area (Å²) in [5.41, 5.74) is 1.52. The number of aromatic carboxylic acids is 1. The van der Waals surface area contributed by atoms with E-state index in [2.05, 4.69) is 10.6 Å². The summed E-state index contributed by atoms with van der Waals surface area (Å²) in [7, 11) is 0. The molecule has 5 nitrogen and oxygen atoms in total. The molecule has 3 N–H and O–H groups in total. The molecule has 0 unspecified atom stereocenters. The van der Waals surface area contributed by atoms with Crippen LogP contribution in [0, 0.1) is 0 Å². The number of hydrogen-bond donors (Lipinski definition) is 3. The quantitative estimate of drug-likeness (QED) is 0.732. The molecule has 0 spiro atoms. The van der Waals surface area contributed by atoms with Crippen molar-refractivity contribution in [2.45, 2.75) is 6.92 Å². The first-order valence-electron chi connectivity index (χ1n) is 6.73. The Morgan fingerprint density at radius 2 is 1.82 bits per heavy atom. The number of nitrogens with one attached hydrogen (secondary N) is 2. The number of carboxylic acids is 1. The molecule has 0 atom stereocenters. The number of rotatable bonds is 5. The molecule has 0 radical (unpaired) electrons. The van der Waals surface area contributed by atoms with Crippen LogP contribution in [0.15, 0.2) is 48.5 Å². The molecule has 0 aromatic heterocycles. The Labute approximate surface area is 133 Å². The van der Waals surface area contributed by atoms with E-state index in [0.717, 1.165) is 5.69 Å². The highest BCUT2D eigenvalue weighted by Crippen LogP contribution is 2.23. The smallest absolute Gasteiger partial charge is 0.339 e. The number of carbonyl (C=O) groups is 1. The van der Waals surface area contributed by atoms with E-state index in [-0.39, 0.29) is 5.56 Å². The average Bonchev–Trinajstić information content (AvgIpc) is 2.49. The van der Waals surface area contributed by atoms with Crippen LogP contribution in [-0.4, -0.2) is 22.8 Å². The van der Waals surface area contributed by atoms with Crippen molar-refractivity contribution in [1.82, 2.24) is 0 Å². The van der Waals surface area contributed by atoms with Crippen molar-refractivity contribution in [2.24, 2.45) is 0 Å². The summed E-state index contributed by atoms with van der Waals surface area (Å²) in [5.74, 6) is -0.712. The number of thiocarbonyl (C=S) groups is 1. The van der Waals surface area contributed by atoms with Gasteiger partial charge in [0, 0.05) is 11.4 Å². The third-order valence-electron chi connectivity index (χ3n) is 2.80. The topological polar surface area (TPSA) is 70.6 Å². The molecule has 0 saturated heterocycles. The number of carboxylic acid groups (broad SMARTS) is 1. The highest BCUT2D eigenvalue weighted by atomic mass is 32.1. The van der Waals surface area contributed by atoms with Gasteiger partial charge in [-0.1, -0.05) is 18.2 Å². The molecule has 0 bridgehead atoms. The Hall–Kier alpha value is -2.60. The number of benzene rings is 2. The zero-order valence-electron chi connectivity index (χ0n) is 12.0. The number of para-hydroxylation sites is 1. The molecule has 22 heavy (non-hydrogen) atoms. The Balaban J connectivity index is 2.11. The summed E-state index contributed by atoms with van der Waals surface area (Å²) in [6.45, 7) is 2.21. The highest BCUT2D eigenvalue weighted by Gasteiger charge is 2.12. The van der Waals surface area contributed by atoms with E-state index in [9.17, 15) is 9.90 Å². The monoisotopic (exact) mass is 316 g/mol. The predicted molar refractivity (Wildman–Crippen MR) is 90.9 cm³/mol. The maximum absolute atomic E-state index is 11.3. The normalized spacial score (nSPS) is 9.86. The van der Waals surface area contributed by atoms with Gasteiger partial charge in [0.15, 0.2) is 5.11 Å². The van der Waals surface area contributed by atoms with Gasteiger partial charge in [-0.25, -0.2) is 4.79 Å². The van der Waals surface area contributed by atoms with Crippen LogP contribution in [0.1, 0.15) is 17.3 Å². The summed E-state index contributed by atoms with van der Waals surface area (Å²) in [5, 5.41) is 15.6. The van der Waals surface area contributed by atoms with E-state index in [1.807, 2.05) is 30.3 Å². The summed E-state index contributed by atoms with van der Waals surface area (Å²) < 4.78 is 5.30. The van der Waals surface area contributed by atoms with Gasteiger partial charge in [0.2, 0.25) is 0 Å². The van der Waals surface area contributed by atoms with Gasteiger partial charge in [0.1, 0.15) is 11.3 Å².